The molecule has 3 aliphatic rings. The zero-order valence-corrected chi connectivity index (χ0v) is 27.4. The number of aliphatic hydroxyl groups is 1. The number of amides is 2. The van der Waals surface area contributed by atoms with Crippen molar-refractivity contribution in [2.75, 3.05) is 37.0 Å². The van der Waals surface area contributed by atoms with Crippen LogP contribution in [0.1, 0.15) is 48.9 Å². The highest BCUT2D eigenvalue weighted by molar-refractivity contribution is 6.71. The van der Waals surface area contributed by atoms with Gasteiger partial charge in [-0.15, -0.1) is 5.10 Å². The highest BCUT2D eigenvalue weighted by Crippen LogP contribution is 2.59. The largest absolute Gasteiger partial charge is 0.432 e. The van der Waals surface area contributed by atoms with Gasteiger partial charge in [-0.05, 0) is 62.7 Å². The lowest BCUT2D eigenvalue weighted by Crippen LogP contribution is -2.45. The minimum Gasteiger partial charge on any atom is -0.432 e. The highest BCUT2D eigenvalue weighted by Gasteiger charge is 2.65. The maximum atomic E-state index is 14.1. The van der Waals surface area contributed by atoms with E-state index in [1.165, 1.54) is 0 Å². The standard InChI is InChI=1S/C33H44N6O5Si/c1-21-30(45(3,4)43)29(14-16-39-19-27(36-37-39)25(20-40)22-9-6-5-7-10-22)44-33(21)26-17-24(12-13-28(26)38(2)32(33)42)35-31(41)23-11-8-15-34-18-23/h5-7,9-10,12-13,17,19,21,23,25,29-30,34,40,43H,8,11,14-16,18,20H2,1-4H3,(H,35,41)/t21-,23?,25?,29+,30-,33+/m1/s1. The molecule has 2 aromatic carbocycles. The Hall–Kier alpha value is -3.42. The molecule has 4 N–H and O–H groups in total. The quantitative estimate of drug-likeness (QED) is 0.264. The Balaban J connectivity index is 1.26. The summed E-state index contributed by atoms with van der Waals surface area (Å²) in [5, 5.41) is 25.2. The van der Waals surface area contributed by atoms with Gasteiger partial charge in [0.1, 0.15) is 0 Å². The molecule has 2 unspecified atom stereocenters. The predicted octanol–water partition coefficient (Wildman–Crippen LogP) is 3.20. The number of piperidine rings is 1. The molecule has 0 aliphatic carbocycles. The molecule has 2 amide bonds. The molecule has 4 heterocycles. The zero-order valence-electron chi connectivity index (χ0n) is 26.4. The maximum Gasteiger partial charge on any atom is 0.264 e. The van der Waals surface area contributed by atoms with Crippen LogP contribution < -0.4 is 15.5 Å². The van der Waals surface area contributed by atoms with Gasteiger partial charge in [0.15, 0.2) is 13.9 Å². The highest BCUT2D eigenvalue weighted by atomic mass is 28.4. The van der Waals surface area contributed by atoms with Crippen molar-refractivity contribution in [1.82, 2.24) is 20.3 Å². The number of aliphatic hydroxyl groups excluding tert-OH is 1. The summed E-state index contributed by atoms with van der Waals surface area (Å²) in [5.41, 5.74) is 2.24. The summed E-state index contributed by atoms with van der Waals surface area (Å²) in [6.07, 6.45) is 3.76. The Morgan fingerprint density at radius 2 is 2.02 bits per heavy atom. The fourth-order valence-corrected chi connectivity index (χ4v) is 10.4. The summed E-state index contributed by atoms with van der Waals surface area (Å²) in [7, 11) is -1.08. The Bertz CT molecular complexity index is 1540. The number of benzene rings is 2. The normalized spacial score (nSPS) is 27.2. The van der Waals surface area contributed by atoms with Crippen LogP contribution >= 0.6 is 0 Å². The van der Waals surface area contributed by atoms with Crippen molar-refractivity contribution >= 4 is 31.5 Å². The lowest BCUT2D eigenvalue weighted by molar-refractivity contribution is -0.145. The topological polar surface area (TPSA) is 142 Å². The van der Waals surface area contributed by atoms with Gasteiger partial charge in [-0.2, -0.15) is 0 Å². The summed E-state index contributed by atoms with van der Waals surface area (Å²) in [6, 6.07) is 15.3. The second-order valence-corrected chi connectivity index (χ2v) is 17.3. The molecule has 45 heavy (non-hydrogen) atoms. The van der Waals surface area contributed by atoms with Crippen molar-refractivity contribution in [3.05, 3.63) is 71.5 Å². The average molecular weight is 633 g/mol. The van der Waals surface area contributed by atoms with Gasteiger partial charge in [0.25, 0.3) is 5.91 Å². The van der Waals surface area contributed by atoms with Gasteiger partial charge in [-0.25, -0.2) is 0 Å². The van der Waals surface area contributed by atoms with E-state index in [4.69, 9.17) is 4.74 Å². The van der Waals surface area contributed by atoms with E-state index < -0.39 is 20.0 Å². The van der Waals surface area contributed by atoms with Crippen molar-refractivity contribution < 1.29 is 24.2 Å². The first-order chi connectivity index (χ1) is 21.5. The SMILES string of the molecule is C[C@@H]1[C@@H]([Si](C)(C)O)[C@H](CCn2cc(C(CO)c3ccccc3)nn2)O[C@@]12C(=O)N(C)c1ccc(NC(=O)C3CCCNC3)cc12. The molecule has 3 aromatic rings. The molecular formula is C33H44N6O5Si. The number of aromatic nitrogens is 3. The van der Waals surface area contributed by atoms with Crippen LogP contribution in [0.15, 0.2) is 54.7 Å². The molecule has 1 spiro atoms. The van der Waals surface area contributed by atoms with E-state index >= 15 is 0 Å². The first-order valence-electron chi connectivity index (χ1n) is 15.9. The minimum absolute atomic E-state index is 0.0307. The first kappa shape index (κ1) is 31.6. The van der Waals surface area contributed by atoms with Gasteiger partial charge in [0, 0.05) is 49.0 Å². The van der Waals surface area contributed by atoms with E-state index in [0.717, 1.165) is 36.2 Å². The number of carbonyl (C=O) groups excluding carboxylic acids is 2. The monoisotopic (exact) mass is 632 g/mol. The summed E-state index contributed by atoms with van der Waals surface area (Å²) < 4.78 is 8.62. The zero-order chi connectivity index (χ0) is 31.9. The molecule has 12 heteroatoms. The third kappa shape index (κ3) is 5.74. The van der Waals surface area contributed by atoms with E-state index in [9.17, 15) is 19.5 Å². The maximum absolute atomic E-state index is 14.1. The van der Waals surface area contributed by atoms with E-state index in [0.29, 0.717) is 30.9 Å². The number of fused-ring (bicyclic) bond motifs is 2. The number of likely N-dealkylation sites (N-methyl/N-ethyl adjacent to an activating group) is 1. The van der Waals surface area contributed by atoms with Crippen molar-refractivity contribution in [2.24, 2.45) is 11.8 Å². The van der Waals surface area contributed by atoms with Crippen LogP contribution in [0.25, 0.3) is 0 Å². The van der Waals surface area contributed by atoms with Crippen LogP contribution in [0, 0.1) is 11.8 Å². The molecule has 0 saturated carbocycles. The Morgan fingerprint density at radius 3 is 2.71 bits per heavy atom. The van der Waals surface area contributed by atoms with Gasteiger partial charge < -0.3 is 30.2 Å². The Kier molecular flexibility index (Phi) is 8.70. The number of rotatable bonds is 9. The molecular weight excluding hydrogens is 588 g/mol. The molecule has 3 aliphatic heterocycles. The van der Waals surface area contributed by atoms with Crippen molar-refractivity contribution in [1.29, 1.82) is 0 Å². The van der Waals surface area contributed by atoms with Gasteiger partial charge in [-0.3, -0.25) is 14.3 Å². The summed E-state index contributed by atoms with van der Waals surface area (Å²) in [6.45, 7) is 7.78. The Labute approximate surface area is 265 Å². The molecule has 6 atom stereocenters. The predicted molar refractivity (Wildman–Crippen MR) is 173 cm³/mol. The number of hydrogen-bond acceptors (Lipinski definition) is 8. The number of nitrogens with zero attached hydrogens (tertiary/aromatic N) is 4. The molecule has 1 aromatic heterocycles. The van der Waals surface area contributed by atoms with Crippen LogP contribution in [-0.4, -0.2) is 77.9 Å². The minimum atomic E-state index is -2.83. The number of carbonyl (C=O) groups is 2. The van der Waals surface area contributed by atoms with Gasteiger partial charge >= 0.3 is 0 Å². The van der Waals surface area contributed by atoms with Gasteiger partial charge in [-0.1, -0.05) is 42.5 Å². The number of anilines is 2. The van der Waals surface area contributed by atoms with Crippen molar-refractivity contribution in [3.63, 3.8) is 0 Å². The number of ether oxygens (including phenoxy) is 1. The number of nitrogens with one attached hydrogen (secondary N) is 2. The Morgan fingerprint density at radius 1 is 1.24 bits per heavy atom. The van der Waals surface area contributed by atoms with E-state index in [-0.39, 0.29) is 41.7 Å². The molecule has 2 saturated heterocycles. The van der Waals surface area contributed by atoms with E-state index in [1.807, 2.05) is 74.7 Å². The third-order valence-corrected chi connectivity index (χ3v) is 12.5. The third-order valence-electron chi connectivity index (χ3n) is 9.99. The van der Waals surface area contributed by atoms with E-state index in [1.54, 1.807) is 16.6 Å². The van der Waals surface area contributed by atoms with Crippen LogP contribution in [0.3, 0.4) is 0 Å². The van der Waals surface area contributed by atoms with Gasteiger partial charge in [0.2, 0.25) is 5.91 Å². The number of hydrogen-bond donors (Lipinski definition) is 4. The fourth-order valence-electron chi connectivity index (χ4n) is 7.75. The smallest absolute Gasteiger partial charge is 0.264 e. The fraction of sp³-hybridized carbons (Fsp3) is 0.515. The molecule has 2 fully saturated rings. The number of aryl methyl sites for hydroxylation is 1. The van der Waals surface area contributed by atoms with Crippen LogP contribution in [0.5, 0.6) is 0 Å². The molecule has 240 valence electrons. The van der Waals surface area contributed by atoms with Crippen LogP contribution in [-0.2, 0) is 26.5 Å². The average Bonchev–Trinajstić information content (AvgIpc) is 3.68. The van der Waals surface area contributed by atoms with Gasteiger partial charge in [0.05, 0.1) is 35.9 Å². The summed E-state index contributed by atoms with van der Waals surface area (Å²) in [4.78, 5) is 40.4. The summed E-state index contributed by atoms with van der Waals surface area (Å²) >= 11 is 0. The summed E-state index contributed by atoms with van der Waals surface area (Å²) in [5.74, 6) is -0.875. The van der Waals surface area contributed by atoms with E-state index in [2.05, 4.69) is 20.9 Å². The van der Waals surface area contributed by atoms with Crippen LogP contribution in [0.4, 0.5) is 11.4 Å². The molecule has 0 radical (unpaired) electrons. The van der Waals surface area contributed by atoms with Crippen LogP contribution in [0.2, 0.25) is 18.6 Å². The lowest BCUT2D eigenvalue weighted by Gasteiger charge is -2.32. The van der Waals surface area contributed by atoms with Crippen molar-refractivity contribution in [2.45, 2.75) is 69.0 Å². The molecule has 0 bridgehead atoms. The van der Waals surface area contributed by atoms with Crippen molar-refractivity contribution in [3.8, 4) is 0 Å². The lowest BCUT2D eigenvalue weighted by atomic mass is 9.82. The first-order valence-corrected chi connectivity index (χ1v) is 19.0. The molecule has 11 nitrogen and oxygen atoms in total. The second kappa shape index (κ2) is 12.4. The second-order valence-electron chi connectivity index (χ2n) is 13.3. The molecule has 6 rings (SSSR count).